The fourth-order valence-corrected chi connectivity index (χ4v) is 4.14. The molecule has 0 spiro atoms. The zero-order chi connectivity index (χ0) is 16.2. The van der Waals surface area contributed by atoms with Crippen LogP contribution in [0, 0.1) is 0 Å². The standard InChI is InChI=1S/C14H24F3N3OS/c1-22-12-5-2-4-11(12)18-13(21)20-7-3-6-19(8-9-20)10-14(15,16)17/h11-12H,2-10H2,1H3,(H,18,21)/t11-,12+/m0/s1. The second kappa shape index (κ2) is 7.77. The van der Waals surface area contributed by atoms with E-state index in [1.54, 1.807) is 16.7 Å². The first-order valence-electron chi connectivity index (χ1n) is 7.76. The summed E-state index contributed by atoms with van der Waals surface area (Å²) in [6.07, 6.45) is 1.69. The quantitative estimate of drug-likeness (QED) is 0.858. The third-order valence-corrected chi connectivity index (χ3v) is 5.51. The molecule has 1 aliphatic heterocycles. The van der Waals surface area contributed by atoms with Crippen molar-refractivity contribution in [3.05, 3.63) is 0 Å². The largest absolute Gasteiger partial charge is 0.401 e. The summed E-state index contributed by atoms with van der Waals surface area (Å²) in [6.45, 7) is 0.665. The molecule has 128 valence electrons. The van der Waals surface area contributed by atoms with Gasteiger partial charge in [-0.2, -0.15) is 24.9 Å². The minimum absolute atomic E-state index is 0.125. The van der Waals surface area contributed by atoms with Crippen molar-refractivity contribution in [1.29, 1.82) is 0 Å². The van der Waals surface area contributed by atoms with Crippen LogP contribution >= 0.6 is 11.8 Å². The van der Waals surface area contributed by atoms with Crippen LogP contribution in [-0.4, -0.2) is 72.3 Å². The van der Waals surface area contributed by atoms with Crippen LogP contribution in [0.5, 0.6) is 0 Å². The van der Waals surface area contributed by atoms with Gasteiger partial charge in [-0.1, -0.05) is 6.42 Å². The Bertz CT molecular complexity index is 381. The summed E-state index contributed by atoms with van der Waals surface area (Å²) in [6, 6.07) is 0.0665. The number of hydrogen-bond donors (Lipinski definition) is 1. The third-order valence-electron chi connectivity index (χ3n) is 4.34. The van der Waals surface area contributed by atoms with Gasteiger partial charge in [0.2, 0.25) is 0 Å². The van der Waals surface area contributed by atoms with Crippen LogP contribution in [0.1, 0.15) is 25.7 Å². The lowest BCUT2D eigenvalue weighted by atomic mass is 10.2. The lowest BCUT2D eigenvalue weighted by Gasteiger charge is -2.26. The van der Waals surface area contributed by atoms with Crippen LogP contribution in [0.25, 0.3) is 0 Å². The van der Waals surface area contributed by atoms with E-state index in [-0.39, 0.29) is 18.6 Å². The van der Waals surface area contributed by atoms with Gasteiger partial charge in [0, 0.05) is 37.5 Å². The first-order valence-corrected chi connectivity index (χ1v) is 9.05. The van der Waals surface area contributed by atoms with Crippen molar-refractivity contribution in [3.63, 3.8) is 0 Å². The molecular weight excluding hydrogens is 315 g/mol. The molecule has 0 aromatic heterocycles. The zero-order valence-electron chi connectivity index (χ0n) is 12.9. The third kappa shape index (κ3) is 5.22. The Morgan fingerprint density at radius 1 is 1.18 bits per heavy atom. The number of thioether (sulfide) groups is 1. The van der Waals surface area contributed by atoms with E-state index in [9.17, 15) is 18.0 Å². The molecule has 2 amide bonds. The maximum absolute atomic E-state index is 12.4. The lowest BCUT2D eigenvalue weighted by Crippen LogP contribution is -2.48. The Morgan fingerprint density at radius 3 is 2.64 bits per heavy atom. The van der Waals surface area contributed by atoms with Gasteiger partial charge in [0.25, 0.3) is 0 Å². The van der Waals surface area contributed by atoms with Crippen LogP contribution in [0.4, 0.5) is 18.0 Å². The van der Waals surface area contributed by atoms with E-state index < -0.39 is 12.7 Å². The van der Waals surface area contributed by atoms with Gasteiger partial charge in [-0.15, -0.1) is 0 Å². The van der Waals surface area contributed by atoms with Crippen molar-refractivity contribution in [1.82, 2.24) is 15.1 Å². The highest BCUT2D eigenvalue weighted by atomic mass is 32.2. The van der Waals surface area contributed by atoms with Gasteiger partial charge in [0.15, 0.2) is 0 Å². The van der Waals surface area contributed by atoms with Crippen LogP contribution in [0.3, 0.4) is 0 Å². The number of amides is 2. The smallest absolute Gasteiger partial charge is 0.334 e. The highest BCUT2D eigenvalue weighted by molar-refractivity contribution is 7.99. The molecule has 0 aromatic rings. The molecule has 1 heterocycles. The normalized spacial score (nSPS) is 27.7. The average molecular weight is 339 g/mol. The molecule has 2 fully saturated rings. The van der Waals surface area contributed by atoms with E-state index in [4.69, 9.17) is 0 Å². The number of hydrogen-bond acceptors (Lipinski definition) is 3. The molecule has 1 saturated heterocycles. The fraction of sp³-hybridized carbons (Fsp3) is 0.929. The van der Waals surface area contributed by atoms with Crippen molar-refractivity contribution in [2.75, 3.05) is 39.0 Å². The molecule has 1 aliphatic carbocycles. The van der Waals surface area contributed by atoms with E-state index in [1.165, 1.54) is 4.90 Å². The van der Waals surface area contributed by atoms with E-state index in [0.717, 1.165) is 19.3 Å². The SMILES string of the molecule is CS[C@@H]1CCC[C@@H]1NC(=O)N1CCCN(CC(F)(F)F)CC1. The summed E-state index contributed by atoms with van der Waals surface area (Å²) in [5.74, 6) is 0. The minimum atomic E-state index is -4.17. The Morgan fingerprint density at radius 2 is 1.95 bits per heavy atom. The van der Waals surface area contributed by atoms with Crippen molar-refractivity contribution < 1.29 is 18.0 Å². The summed E-state index contributed by atoms with van der Waals surface area (Å²) in [5.41, 5.74) is 0. The highest BCUT2D eigenvalue weighted by Crippen LogP contribution is 2.28. The molecular formula is C14H24F3N3OS. The molecule has 0 unspecified atom stereocenters. The summed E-state index contributed by atoms with van der Waals surface area (Å²) < 4.78 is 37.3. The Hall–Kier alpha value is -0.630. The topological polar surface area (TPSA) is 35.6 Å². The molecule has 1 saturated carbocycles. The number of alkyl halides is 3. The van der Waals surface area contributed by atoms with Gasteiger partial charge in [-0.25, -0.2) is 4.79 Å². The number of halogens is 3. The minimum Gasteiger partial charge on any atom is -0.334 e. The number of nitrogens with one attached hydrogen (secondary N) is 1. The van der Waals surface area contributed by atoms with Crippen molar-refractivity contribution in [2.24, 2.45) is 0 Å². The number of urea groups is 1. The monoisotopic (exact) mass is 339 g/mol. The predicted molar refractivity (Wildman–Crippen MR) is 82.2 cm³/mol. The highest BCUT2D eigenvalue weighted by Gasteiger charge is 2.33. The number of rotatable bonds is 3. The average Bonchev–Trinajstić information content (AvgIpc) is 2.74. The van der Waals surface area contributed by atoms with Crippen LogP contribution < -0.4 is 5.32 Å². The molecule has 1 N–H and O–H groups in total. The van der Waals surface area contributed by atoms with Crippen LogP contribution in [-0.2, 0) is 0 Å². The van der Waals surface area contributed by atoms with Gasteiger partial charge in [0.1, 0.15) is 0 Å². The van der Waals surface area contributed by atoms with Gasteiger partial charge in [-0.05, 0) is 25.5 Å². The Labute approximate surface area is 133 Å². The van der Waals surface area contributed by atoms with E-state index in [1.807, 2.05) is 0 Å². The van der Waals surface area contributed by atoms with E-state index >= 15 is 0 Å². The summed E-state index contributed by atoms with van der Waals surface area (Å²) in [7, 11) is 0. The predicted octanol–water partition coefficient (Wildman–Crippen LogP) is 2.55. The zero-order valence-corrected chi connectivity index (χ0v) is 13.7. The van der Waals surface area contributed by atoms with Gasteiger partial charge < -0.3 is 10.2 Å². The van der Waals surface area contributed by atoms with E-state index in [2.05, 4.69) is 11.6 Å². The maximum Gasteiger partial charge on any atom is 0.401 e. The van der Waals surface area contributed by atoms with Crippen LogP contribution in [0.15, 0.2) is 0 Å². The lowest BCUT2D eigenvalue weighted by molar-refractivity contribution is -0.145. The van der Waals surface area contributed by atoms with Gasteiger partial charge in [0.05, 0.1) is 6.54 Å². The van der Waals surface area contributed by atoms with Crippen LogP contribution in [0.2, 0.25) is 0 Å². The maximum atomic E-state index is 12.4. The van der Waals surface area contributed by atoms with Crippen molar-refractivity contribution >= 4 is 17.8 Å². The van der Waals surface area contributed by atoms with E-state index in [0.29, 0.717) is 31.3 Å². The molecule has 8 heteroatoms. The molecule has 22 heavy (non-hydrogen) atoms. The second-order valence-electron chi connectivity index (χ2n) is 5.99. The molecule has 0 aromatic carbocycles. The summed E-state index contributed by atoms with van der Waals surface area (Å²) in [5, 5.41) is 3.52. The number of carbonyl (C=O) groups is 1. The Kier molecular flexibility index (Phi) is 6.26. The van der Waals surface area contributed by atoms with Crippen molar-refractivity contribution in [2.45, 2.75) is 43.2 Å². The van der Waals surface area contributed by atoms with Crippen molar-refractivity contribution in [3.8, 4) is 0 Å². The Balaban J connectivity index is 1.81. The molecule has 0 bridgehead atoms. The number of carbonyl (C=O) groups excluding carboxylic acids is 1. The first kappa shape index (κ1) is 17.7. The van der Waals surface area contributed by atoms with Gasteiger partial charge in [-0.3, -0.25) is 4.90 Å². The number of nitrogens with zero attached hydrogens (tertiary/aromatic N) is 2. The molecule has 2 rings (SSSR count). The fourth-order valence-electron chi connectivity index (χ4n) is 3.21. The molecule has 0 radical (unpaired) electrons. The summed E-state index contributed by atoms with van der Waals surface area (Å²) >= 11 is 1.77. The summed E-state index contributed by atoms with van der Waals surface area (Å²) in [4.78, 5) is 15.4. The first-order chi connectivity index (χ1) is 10.4. The molecule has 2 atom stereocenters. The van der Waals surface area contributed by atoms with Gasteiger partial charge >= 0.3 is 12.2 Å². The molecule has 2 aliphatic rings. The molecule has 4 nitrogen and oxygen atoms in total. The second-order valence-corrected chi connectivity index (χ2v) is 7.07.